The Kier molecular flexibility index (Phi) is 3.23. The number of rotatable bonds is 4. The molecule has 1 saturated heterocycles. The smallest absolute Gasteiger partial charge is 0.0434 e. The van der Waals surface area contributed by atoms with E-state index in [-0.39, 0.29) is 0 Å². The fourth-order valence-electron chi connectivity index (χ4n) is 2.98. The molecule has 13 heavy (non-hydrogen) atoms. The second kappa shape index (κ2) is 4.43. The van der Waals surface area contributed by atoms with Crippen LogP contribution in [0.25, 0.3) is 0 Å². The van der Waals surface area contributed by atoms with Gasteiger partial charge in [-0.15, -0.1) is 0 Å². The van der Waals surface area contributed by atoms with Crippen LogP contribution in [-0.4, -0.2) is 24.3 Å². The van der Waals surface area contributed by atoms with Crippen LogP contribution in [0, 0.1) is 11.8 Å². The molecule has 0 amide bonds. The van der Waals surface area contributed by atoms with Crippen molar-refractivity contribution in [3.63, 3.8) is 0 Å². The lowest BCUT2D eigenvalue weighted by molar-refractivity contribution is 0.146. The lowest BCUT2D eigenvalue weighted by Gasteiger charge is -2.38. The summed E-state index contributed by atoms with van der Waals surface area (Å²) in [6, 6.07) is 0.732. The van der Waals surface area contributed by atoms with Crippen molar-refractivity contribution in [2.75, 3.05) is 13.2 Å². The van der Waals surface area contributed by atoms with Crippen LogP contribution in [-0.2, 0) is 0 Å². The minimum Gasteiger partial charge on any atom is -0.396 e. The first kappa shape index (κ1) is 9.47. The molecule has 1 aliphatic carbocycles. The fourth-order valence-corrected chi connectivity index (χ4v) is 2.98. The summed E-state index contributed by atoms with van der Waals surface area (Å²) in [5.74, 6) is 1.67. The molecule has 2 unspecified atom stereocenters. The summed E-state index contributed by atoms with van der Waals surface area (Å²) in [6.07, 6.45) is 7.99. The topological polar surface area (TPSA) is 32.3 Å². The predicted octanol–water partition coefficient (Wildman–Crippen LogP) is 1.54. The molecule has 1 heterocycles. The Hall–Kier alpha value is -0.0800. The van der Waals surface area contributed by atoms with Gasteiger partial charge in [-0.05, 0) is 31.2 Å². The van der Waals surface area contributed by atoms with Gasteiger partial charge in [-0.3, -0.25) is 0 Å². The standard InChI is InChI=1S/C11H21NO/c13-8-6-10(11-5-7-12-11)9-3-1-2-4-9/h9-13H,1-8H2. The minimum absolute atomic E-state index is 0.374. The van der Waals surface area contributed by atoms with Gasteiger partial charge in [-0.25, -0.2) is 0 Å². The lowest BCUT2D eigenvalue weighted by atomic mass is 9.79. The largest absolute Gasteiger partial charge is 0.396 e. The Morgan fingerprint density at radius 3 is 2.38 bits per heavy atom. The van der Waals surface area contributed by atoms with Crippen molar-refractivity contribution in [2.24, 2.45) is 11.8 Å². The average molecular weight is 183 g/mol. The third kappa shape index (κ3) is 2.05. The van der Waals surface area contributed by atoms with Gasteiger partial charge in [0.1, 0.15) is 0 Å². The van der Waals surface area contributed by atoms with Crippen LogP contribution in [0.5, 0.6) is 0 Å². The van der Waals surface area contributed by atoms with E-state index in [9.17, 15) is 0 Å². The number of aliphatic hydroxyl groups excluding tert-OH is 1. The monoisotopic (exact) mass is 183 g/mol. The molecule has 76 valence electrons. The number of hydrogen-bond donors (Lipinski definition) is 2. The van der Waals surface area contributed by atoms with Crippen LogP contribution in [0.4, 0.5) is 0 Å². The fraction of sp³-hybridized carbons (Fsp3) is 1.00. The van der Waals surface area contributed by atoms with Gasteiger partial charge >= 0.3 is 0 Å². The number of aliphatic hydroxyl groups is 1. The first-order chi connectivity index (χ1) is 6.42. The quantitative estimate of drug-likeness (QED) is 0.693. The third-order valence-corrected chi connectivity index (χ3v) is 3.85. The summed E-state index contributed by atoms with van der Waals surface area (Å²) in [5, 5.41) is 12.5. The van der Waals surface area contributed by atoms with E-state index < -0.39 is 0 Å². The molecular weight excluding hydrogens is 162 g/mol. The van der Waals surface area contributed by atoms with Crippen LogP contribution < -0.4 is 5.32 Å². The van der Waals surface area contributed by atoms with Crippen LogP contribution in [0.3, 0.4) is 0 Å². The lowest BCUT2D eigenvalue weighted by Crippen LogP contribution is -2.50. The highest BCUT2D eigenvalue weighted by Gasteiger charge is 2.33. The van der Waals surface area contributed by atoms with Crippen molar-refractivity contribution in [3.8, 4) is 0 Å². The van der Waals surface area contributed by atoms with E-state index >= 15 is 0 Å². The molecule has 0 aromatic carbocycles. The Morgan fingerprint density at radius 1 is 1.23 bits per heavy atom. The van der Waals surface area contributed by atoms with Crippen molar-refractivity contribution in [1.82, 2.24) is 5.32 Å². The molecule has 0 spiro atoms. The van der Waals surface area contributed by atoms with E-state index in [2.05, 4.69) is 5.32 Å². The normalized spacial score (nSPS) is 31.6. The summed E-state index contributed by atoms with van der Waals surface area (Å²) in [6.45, 7) is 1.57. The van der Waals surface area contributed by atoms with Gasteiger partial charge < -0.3 is 10.4 Å². The molecule has 1 saturated carbocycles. The molecule has 0 aromatic rings. The average Bonchev–Trinajstić information content (AvgIpc) is 2.51. The van der Waals surface area contributed by atoms with E-state index in [4.69, 9.17) is 5.11 Å². The van der Waals surface area contributed by atoms with E-state index in [0.717, 1.165) is 24.3 Å². The van der Waals surface area contributed by atoms with Gasteiger partial charge in [0.2, 0.25) is 0 Å². The molecule has 2 aliphatic rings. The molecule has 0 radical (unpaired) electrons. The zero-order valence-electron chi connectivity index (χ0n) is 8.34. The maximum Gasteiger partial charge on any atom is 0.0434 e. The summed E-state index contributed by atoms with van der Waals surface area (Å²) >= 11 is 0. The summed E-state index contributed by atoms with van der Waals surface area (Å²) < 4.78 is 0. The molecule has 2 N–H and O–H groups in total. The zero-order chi connectivity index (χ0) is 9.10. The highest BCUT2D eigenvalue weighted by atomic mass is 16.3. The Balaban J connectivity index is 1.86. The summed E-state index contributed by atoms with van der Waals surface area (Å²) in [5.41, 5.74) is 0. The van der Waals surface area contributed by atoms with Gasteiger partial charge in [0, 0.05) is 12.6 Å². The van der Waals surface area contributed by atoms with Crippen molar-refractivity contribution in [1.29, 1.82) is 0 Å². The van der Waals surface area contributed by atoms with Crippen molar-refractivity contribution >= 4 is 0 Å². The van der Waals surface area contributed by atoms with Crippen LogP contribution >= 0.6 is 0 Å². The molecule has 0 aromatic heterocycles. The number of nitrogens with one attached hydrogen (secondary N) is 1. The molecule has 2 fully saturated rings. The zero-order valence-corrected chi connectivity index (χ0v) is 8.34. The maximum absolute atomic E-state index is 9.04. The first-order valence-corrected chi connectivity index (χ1v) is 5.76. The summed E-state index contributed by atoms with van der Waals surface area (Å²) in [4.78, 5) is 0. The first-order valence-electron chi connectivity index (χ1n) is 5.76. The maximum atomic E-state index is 9.04. The van der Waals surface area contributed by atoms with Crippen LogP contribution in [0.2, 0.25) is 0 Å². The van der Waals surface area contributed by atoms with Crippen LogP contribution in [0.1, 0.15) is 38.5 Å². The highest BCUT2D eigenvalue weighted by Crippen LogP contribution is 2.36. The molecule has 2 rings (SSSR count). The van der Waals surface area contributed by atoms with Gasteiger partial charge in [-0.1, -0.05) is 25.7 Å². The molecule has 2 heteroatoms. The molecule has 2 nitrogen and oxygen atoms in total. The highest BCUT2D eigenvalue weighted by molar-refractivity contribution is 4.89. The number of hydrogen-bond acceptors (Lipinski definition) is 2. The van der Waals surface area contributed by atoms with E-state index in [1.54, 1.807) is 0 Å². The third-order valence-electron chi connectivity index (χ3n) is 3.85. The SMILES string of the molecule is OCCC(C1CCCC1)C1CCN1. The van der Waals surface area contributed by atoms with Gasteiger partial charge in [0.25, 0.3) is 0 Å². The Morgan fingerprint density at radius 2 is 1.92 bits per heavy atom. The molecule has 2 atom stereocenters. The van der Waals surface area contributed by atoms with Crippen molar-refractivity contribution < 1.29 is 5.11 Å². The van der Waals surface area contributed by atoms with Crippen LogP contribution in [0.15, 0.2) is 0 Å². The second-order valence-electron chi connectivity index (χ2n) is 4.57. The van der Waals surface area contributed by atoms with E-state index in [0.29, 0.717) is 6.61 Å². The van der Waals surface area contributed by atoms with Gasteiger partial charge in [-0.2, -0.15) is 0 Å². The van der Waals surface area contributed by atoms with E-state index in [1.165, 1.54) is 38.6 Å². The van der Waals surface area contributed by atoms with Crippen molar-refractivity contribution in [2.45, 2.75) is 44.6 Å². The molecule has 1 aliphatic heterocycles. The summed E-state index contributed by atoms with van der Waals surface area (Å²) in [7, 11) is 0. The Labute approximate surface area is 80.7 Å². The predicted molar refractivity (Wildman–Crippen MR) is 53.6 cm³/mol. The molecular formula is C11H21NO. The van der Waals surface area contributed by atoms with Gasteiger partial charge in [0.15, 0.2) is 0 Å². The second-order valence-corrected chi connectivity index (χ2v) is 4.57. The van der Waals surface area contributed by atoms with Gasteiger partial charge in [0.05, 0.1) is 0 Å². The van der Waals surface area contributed by atoms with E-state index in [1.807, 2.05) is 0 Å². The Bertz CT molecular complexity index is 150. The minimum atomic E-state index is 0.374. The molecule has 0 bridgehead atoms. The van der Waals surface area contributed by atoms with Crippen molar-refractivity contribution in [3.05, 3.63) is 0 Å².